The molecule has 0 fully saturated rings. The van der Waals surface area contributed by atoms with Crippen molar-refractivity contribution in [2.45, 2.75) is 24.8 Å². The predicted octanol–water partition coefficient (Wildman–Crippen LogP) is 4.96. The van der Waals surface area contributed by atoms with Crippen LogP contribution < -0.4 is 0 Å². The summed E-state index contributed by atoms with van der Waals surface area (Å²) < 4.78 is 0. The first-order chi connectivity index (χ1) is 12.0. The fourth-order valence-electron chi connectivity index (χ4n) is 3.48. The molecular formula is C19H17Cl2NO3. The maximum Gasteiger partial charge on any atom is 0.224 e. The van der Waals surface area contributed by atoms with Gasteiger partial charge in [0, 0.05) is 21.4 Å². The van der Waals surface area contributed by atoms with E-state index in [4.69, 9.17) is 23.2 Å². The molecule has 0 amide bonds. The molecule has 1 N–H and O–H groups in total. The number of allylic oxidation sites excluding steroid dienone is 1. The van der Waals surface area contributed by atoms with Gasteiger partial charge in [-0.05, 0) is 40.8 Å². The van der Waals surface area contributed by atoms with Gasteiger partial charge in [0.05, 0.1) is 12.5 Å². The molecule has 0 bridgehead atoms. The van der Waals surface area contributed by atoms with E-state index in [0.29, 0.717) is 22.0 Å². The van der Waals surface area contributed by atoms with E-state index in [-0.39, 0.29) is 23.9 Å². The summed E-state index contributed by atoms with van der Waals surface area (Å²) in [4.78, 5) is 11.4. The first kappa shape index (κ1) is 17.9. The fraction of sp³-hybridized carbons (Fsp3) is 0.263. The van der Waals surface area contributed by atoms with Gasteiger partial charge in [-0.15, -0.1) is 0 Å². The number of aliphatic hydroxyl groups is 1. The highest BCUT2D eigenvalue weighted by Crippen LogP contribution is 2.44. The summed E-state index contributed by atoms with van der Waals surface area (Å²) >= 11 is 12.3. The number of hydrogen-bond donors (Lipinski definition) is 1. The molecular weight excluding hydrogens is 361 g/mol. The molecule has 2 unspecified atom stereocenters. The highest BCUT2D eigenvalue weighted by molar-refractivity contribution is 6.35. The van der Waals surface area contributed by atoms with Crippen LogP contribution in [-0.2, 0) is 0 Å². The van der Waals surface area contributed by atoms with Crippen LogP contribution >= 0.6 is 23.2 Å². The van der Waals surface area contributed by atoms with Gasteiger partial charge in [-0.1, -0.05) is 59.6 Å². The second-order valence-corrected chi connectivity index (χ2v) is 6.98. The van der Waals surface area contributed by atoms with Crippen LogP contribution in [0.2, 0.25) is 10.0 Å². The summed E-state index contributed by atoms with van der Waals surface area (Å²) in [6, 6.07) is 13.9. The summed E-state index contributed by atoms with van der Waals surface area (Å²) in [5, 5.41) is 22.3. The third-order valence-corrected chi connectivity index (χ3v) is 5.28. The van der Waals surface area contributed by atoms with Gasteiger partial charge in [-0.2, -0.15) is 0 Å². The van der Waals surface area contributed by atoms with E-state index in [9.17, 15) is 15.2 Å². The zero-order valence-corrected chi connectivity index (χ0v) is 14.9. The van der Waals surface area contributed by atoms with Crippen molar-refractivity contribution >= 4 is 28.8 Å². The molecule has 2 aromatic rings. The minimum Gasteiger partial charge on any atom is -0.392 e. The van der Waals surface area contributed by atoms with Crippen LogP contribution in [0.25, 0.3) is 5.57 Å². The lowest BCUT2D eigenvalue weighted by Gasteiger charge is -2.30. The number of halogens is 2. The van der Waals surface area contributed by atoms with Gasteiger partial charge >= 0.3 is 0 Å². The highest BCUT2D eigenvalue weighted by Gasteiger charge is 2.39. The molecule has 4 nitrogen and oxygen atoms in total. The lowest BCUT2D eigenvalue weighted by Crippen LogP contribution is -2.32. The summed E-state index contributed by atoms with van der Waals surface area (Å²) in [6.07, 6.45) is 0.657. The molecule has 2 aromatic carbocycles. The second-order valence-electron chi connectivity index (χ2n) is 6.14. The lowest BCUT2D eigenvalue weighted by atomic mass is 9.75. The van der Waals surface area contributed by atoms with Crippen molar-refractivity contribution in [3.63, 3.8) is 0 Å². The Morgan fingerprint density at radius 1 is 1.12 bits per heavy atom. The van der Waals surface area contributed by atoms with Gasteiger partial charge in [0.1, 0.15) is 0 Å². The lowest BCUT2D eigenvalue weighted by molar-refractivity contribution is -0.526. The van der Waals surface area contributed by atoms with Crippen molar-refractivity contribution in [3.8, 4) is 0 Å². The minimum atomic E-state index is -0.826. The van der Waals surface area contributed by atoms with E-state index in [1.807, 2.05) is 30.3 Å². The molecule has 0 aliphatic heterocycles. The maximum absolute atomic E-state index is 11.7. The fourth-order valence-corrected chi connectivity index (χ4v) is 4.03. The molecule has 25 heavy (non-hydrogen) atoms. The summed E-state index contributed by atoms with van der Waals surface area (Å²) in [5.74, 6) is -0.370. The number of nitro groups is 1. The third kappa shape index (κ3) is 3.71. The molecule has 1 aliphatic carbocycles. The van der Waals surface area contributed by atoms with Gasteiger partial charge in [-0.3, -0.25) is 10.1 Å². The van der Waals surface area contributed by atoms with E-state index in [1.165, 1.54) is 0 Å². The highest BCUT2D eigenvalue weighted by atomic mass is 35.5. The van der Waals surface area contributed by atoms with Gasteiger partial charge in [0.25, 0.3) is 0 Å². The SMILES string of the molecule is O=[N+]([O-])C1CC(CO)=C(c2ccccc2)CC1c1ccc(Cl)cc1Cl. The van der Waals surface area contributed by atoms with Crippen molar-refractivity contribution < 1.29 is 10.0 Å². The number of rotatable bonds is 4. The van der Waals surface area contributed by atoms with E-state index in [1.54, 1.807) is 18.2 Å². The van der Waals surface area contributed by atoms with Crippen molar-refractivity contribution in [2.24, 2.45) is 0 Å². The van der Waals surface area contributed by atoms with Crippen LogP contribution in [0.15, 0.2) is 54.1 Å². The summed E-state index contributed by atoms with van der Waals surface area (Å²) in [6.45, 7) is -0.185. The van der Waals surface area contributed by atoms with Gasteiger partial charge < -0.3 is 5.11 Å². The average molecular weight is 378 g/mol. The molecule has 0 saturated heterocycles. The maximum atomic E-state index is 11.7. The standard InChI is InChI=1S/C19H17Cl2NO3/c20-14-6-7-15(18(21)9-14)17-10-16(12-4-2-1-3-5-12)13(11-23)8-19(17)22(24)25/h1-7,9,17,19,23H,8,10-11H2. The molecule has 6 heteroatoms. The Morgan fingerprint density at radius 2 is 1.84 bits per heavy atom. The molecule has 0 aromatic heterocycles. The van der Waals surface area contributed by atoms with Gasteiger partial charge in [0.2, 0.25) is 6.04 Å². The quantitative estimate of drug-likeness (QED) is 0.604. The zero-order chi connectivity index (χ0) is 18.0. The monoisotopic (exact) mass is 377 g/mol. The molecule has 0 saturated carbocycles. The number of nitrogens with zero attached hydrogens (tertiary/aromatic N) is 1. The summed E-state index contributed by atoms with van der Waals surface area (Å²) in [5.41, 5.74) is 3.37. The Balaban J connectivity index is 2.08. The normalized spacial score (nSPS) is 20.6. The van der Waals surface area contributed by atoms with Crippen LogP contribution in [0.5, 0.6) is 0 Å². The van der Waals surface area contributed by atoms with Crippen molar-refractivity contribution in [1.29, 1.82) is 0 Å². The van der Waals surface area contributed by atoms with Crippen molar-refractivity contribution in [3.05, 3.63) is 85.4 Å². The molecule has 130 valence electrons. The second kappa shape index (κ2) is 7.56. The van der Waals surface area contributed by atoms with Crippen LogP contribution in [0.1, 0.15) is 29.9 Å². The van der Waals surface area contributed by atoms with Crippen molar-refractivity contribution in [2.75, 3.05) is 6.61 Å². The molecule has 3 rings (SSSR count). The Bertz CT molecular complexity index is 821. The third-order valence-electron chi connectivity index (χ3n) is 4.72. The topological polar surface area (TPSA) is 63.4 Å². The molecule has 1 aliphatic rings. The number of hydrogen-bond acceptors (Lipinski definition) is 3. The largest absolute Gasteiger partial charge is 0.392 e. The first-order valence-corrected chi connectivity index (χ1v) is 8.72. The molecule has 0 spiro atoms. The molecule has 2 atom stereocenters. The Morgan fingerprint density at radius 3 is 2.44 bits per heavy atom. The van der Waals surface area contributed by atoms with Crippen molar-refractivity contribution in [1.82, 2.24) is 0 Å². The van der Waals surface area contributed by atoms with E-state index < -0.39 is 6.04 Å². The average Bonchev–Trinajstić information content (AvgIpc) is 2.61. The van der Waals surface area contributed by atoms with Crippen LogP contribution in [0.3, 0.4) is 0 Å². The molecule has 0 radical (unpaired) electrons. The van der Waals surface area contributed by atoms with Crippen LogP contribution in [0, 0.1) is 10.1 Å². The summed E-state index contributed by atoms with van der Waals surface area (Å²) in [7, 11) is 0. The zero-order valence-electron chi connectivity index (χ0n) is 13.4. The van der Waals surface area contributed by atoms with Gasteiger partial charge in [-0.25, -0.2) is 0 Å². The molecule has 0 heterocycles. The van der Waals surface area contributed by atoms with E-state index >= 15 is 0 Å². The Kier molecular flexibility index (Phi) is 5.42. The minimum absolute atomic E-state index is 0.185. The predicted molar refractivity (Wildman–Crippen MR) is 99.7 cm³/mol. The Labute approximate surface area is 155 Å². The number of aliphatic hydroxyl groups excluding tert-OH is 1. The van der Waals surface area contributed by atoms with E-state index in [2.05, 4.69) is 0 Å². The van der Waals surface area contributed by atoms with E-state index in [0.717, 1.165) is 16.7 Å². The van der Waals surface area contributed by atoms with Gasteiger partial charge in [0.15, 0.2) is 0 Å². The van der Waals surface area contributed by atoms with Crippen LogP contribution in [-0.4, -0.2) is 22.7 Å². The first-order valence-electron chi connectivity index (χ1n) is 7.97. The smallest absolute Gasteiger partial charge is 0.224 e. The number of benzene rings is 2. The van der Waals surface area contributed by atoms with Crippen LogP contribution in [0.4, 0.5) is 0 Å². The Hall–Kier alpha value is -1.88.